The molecule has 0 radical (unpaired) electrons. The van der Waals surface area contributed by atoms with Crippen molar-refractivity contribution >= 4 is 21.7 Å². The number of hydrogen-bond donors (Lipinski definition) is 2. The molecule has 0 aliphatic heterocycles. The van der Waals surface area contributed by atoms with Crippen molar-refractivity contribution in [2.75, 3.05) is 6.26 Å². The van der Waals surface area contributed by atoms with Crippen LogP contribution in [-0.4, -0.2) is 26.5 Å². The van der Waals surface area contributed by atoms with E-state index in [1.54, 1.807) is 0 Å². The molecule has 1 aromatic rings. The van der Waals surface area contributed by atoms with E-state index >= 15 is 0 Å². The predicted octanol–water partition coefficient (Wildman–Crippen LogP) is 2.75. The summed E-state index contributed by atoms with van der Waals surface area (Å²) in [5.41, 5.74) is 12.4. The molecule has 0 saturated heterocycles. The quantitative estimate of drug-likeness (QED) is 0.541. The van der Waals surface area contributed by atoms with E-state index in [0.29, 0.717) is 6.42 Å². The fourth-order valence-corrected chi connectivity index (χ4v) is 4.05. The minimum Gasteiger partial charge on any atom is -0.370 e. The van der Waals surface area contributed by atoms with Gasteiger partial charge in [0.1, 0.15) is 0 Å². The molecule has 4 N–H and O–H groups in total. The third-order valence-corrected chi connectivity index (χ3v) is 5.34. The van der Waals surface area contributed by atoms with Gasteiger partial charge in [-0.25, -0.2) is 8.42 Å². The van der Waals surface area contributed by atoms with Crippen LogP contribution < -0.4 is 11.5 Å². The number of carbonyl (C=O) groups is 1. The smallest absolute Gasteiger partial charge is 0.280 e. The highest BCUT2D eigenvalue weighted by molar-refractivity contribution is 7.90. The van der Waals surface area contributed by atoms with Crippen LogP contribution in [0.25, 0.3) is 0 Å². The molecule has 6 nitrogen and oxygen atoms in total. The summed E-state index contributed by atoms with van der Waals surface area (Å²) in [5.74, 6) is -0.809. The fourth-order valence-electron chi connectivity index (χ4n) is 3.06. The molecule has 1 aromatic carbocycles. The summed E-state index contributed by atoms with van der Waals surface area (Å²) < 4.78 is 24.7. The third-order valence-electron chi connectivity index (χ3n) is 4.19. The maximum Gasteiger partial charge on any atom is 0.280 e. The van der Waals surface area contributed by atoms with E-state index in [1.807, 2.05) is 19.9 Å². The maximum absolute atomic E-state index is 12.4. The Labute approximate surface area is 150 Å². The predicted molar refractivity (Wildman–Crippen MR) is 102 cm³/mol. The van der Waals surface area contributed by atoms with Crippen molar-refractivity contribution in [1.29, 1.82) is 0 Å². The highest BCUT2D eigenvalue weighted by atomic mass is 32.2. The lowest BCUT2D eigenvalue weighted by Crippen LogP contribution is -2.24. The Morgan fingerprint density at radius 2 is 1.80 bits per heavy atom. The number of rotatable bonds is 8. The highest BCUT2D eigenvalue weighted by Gasteiger charge is 2.24. The Morgan fingerprint density at radius 1 is 1.16 bits per heavy atom. The third kappa shape index (κ3) is 5.56. The van der Waals surface area contributed by atoms with Gasteiger partial charge >= 0.3 is 0 Å². The molecule has 0 aromatic heterocycles. The van der Waals surface area contributed by atoms with Crippen LogP contribution in [0.2, 0.25) is 0 Å². The highest BCUT2D eigenvalue weighted by Crippen LogP contribution is 2.33. The summed E-state index contributed by atoms with van der Waals surface area (Å²) in [4.78, 5) is 16.1. The molecule has 1 amide bonds. The van der Waals surface area contributed by atoms with Gasteiger partial charge in [-0.15, -0.1) is 0 Å². The van der Waals surface area contributed by atoms with E-state index in [4.69, 9.17) is 11.5 Å². The molecular formula is C18H29N3O3S. The monoisotopic (exact) mass is 367 g/mol. The lowest BCUT2D eigenvalue weighted by molar-refractivity contribution is 0.100. The number of hydrogen-bond acceptors (Lipinski definition) is 3. The minimum absolute atomic E-state index is 0.137. The number of aliphatic imine (C=N–C) groups is 1. The first kappa shape index (κ1) is 21.2. The van der Waals surface area contributed by atoms with Crippen molar-refractivity contribution < 1.29 is 13.2 Å². The lowest BCUT2D eigenvalue weighted by Gasteiger charge is -2.20. The second-order valence-corrected chi connectivity index (χ2v) is 8.29. The molecule has 0 bridgehead atoms. The van der Waals surface area contributed by atoms with Gasteiger partial charge in [-0.1, -0.05) is 39.7 Å². The van der Waals surface area contributed by atoms with Crippen LogP contribution in [0, 0.1) is 0 Å². The molecule has 0 aliphatic carbocycles. The molecule has 0 spiro atoms. The van der Waals surface area contributed by atoms with Gasteiger partial charge < -0.3 is 11.5 Å². The normalized spacial score (nSPS) is 12.6. The fraction of sp³-hybridized carbons (Fsp3) is 0.556. The molecule has 140 valence electrons. The van der Waals surface area contributed by atoms with E-state index in [2.05, 4.69) is 11.9 Å². The van der Waals surface area contributed by atoms with Crippen molar-refractivity contribution in [2.45, 2.75) is 63.7 Å². The number of nitrogens with two attached hydrogens (primary N) is 2. The second kappa shape index (κ2) is 8.99. The Kier molecular flexibility index (Phi) is 7.60. The van der Waals surface area contributed by atoms with Gasteiger partial charge in [-0.05, 0) is 42.4 Å². The van der Waals surface area contributed by atoms with Gasteiger partial charge in [-0.3, -0.25) is 4.79 Å². The molecule has 1 rings (SSSR count). The van der Waals surface area contributed by atoms with Crippen LogP contribution in [0.1, 0.15) is 73.9 Å². The van der Waals surface area contributed by atoms with Gasteiger partial charge in [0.25, 0.3) is 5.91 Å². The largest absolute Gasteiger partial charge is 0.370 e. The van der Waals surface area contributed by atoms with Crippen LogP contribution >= 0.6 is 0 Å². The lowest BCUT2D eigenvalue weighted by atomic mass is 9.88. The van der Waals surface area contributed by atoms with E-state index in [9.17, 15) is 13.2 Å². The van der Waals surface area contributed by atoms with Gasteiger partial charge in [-0.2, -0.15) is 4.99 Å². The van der Waals surface area contributed by atoms with Gasteiger partial charge in [0.2, 0.25) is 0 Å². The van der Waals surface area contributed by atoms with Crippen molar-refractivity contribution in [1.82, 2.24) is 0 Å². The topological polar surface area (TPSA) is 116 Å². The Bertz CT molecular complexity index is 751. The summed E-state index contributed by atoms with van der Waals surface area (Å²) in [6.07, 6.45) is 5.33. The number of carbonyl (C=O) groups excluding carboxylic acids is 1. The minimum atomic E-state index is -3.49. The van der Waals surface area contributed by atoms with E-state index in [1.165, 1.54) is 12.3 Å². The van der Waals surface area contributed by atoms with Crippen LogP contribution in [-0.2, 0) is 16.3 Å². The molecule has 0 heterocycles. The van der Waals surface area contributed by atoms with Crippen molar-refractivity contribution in [3.63, 3.8) is 0 Å². The van der Waals surface area contributed by atoms with Crippen LogP contribution in [0.3, 0.4) is 0 Å². The first-order chi connectivity index (χ1) is 11.6. The first-order valence-electron chi connectivity index (χ1n) is 8.66. The average Bonchev–Trinajstić information content (AvgIpc) is 2.50. The number of aryl methyl sites for hydroxylation is 1. The zero-order valence-electron chi connectivity index (χ0n) is 15.5. The molecule has 1 unspecified atom stereocenters. The summed E-state index contributed by atoms with van der Waals surface area (Å²) in [6.45, 7) is 6.12. The van der Waals surface area contributed by atoms with Crippen LogP contribution in [0.5, 0.6) is 0 Å². The summed E-state index contributed by atoms with van der Waals surface area (Å²) in [6, 6.07) is 3.31. The molecule has 1 atom stereocenters. The molecular weight excluding hydrogens is 338 g/mol. The second-order valence-electron chi connectivity index (χ2n) is 6.31. The molecule has 0 aliphatic rings. The van der Waals surface area contributed by atoms with Gasteiger partial charge in [0.15, 0.2) is 15.8 Å². The maximum atomic E-state index is 12.4. The van der Waals surface area contributed by atoms with Crippen LogP contribution in [0.4, 0.5) is 0 Å². The molecule has 25 heavy (non-hydrogen) atoms. The SMILES string of the molecule is CCCc1cc(C(CC)CCC)c(S(C)(=O)=O)cc1C(=O)N=C(N)N. The van der Waals surface area contributed by atoms with Gasteiger partial charge in [0, 0.05) is 11.8 Å². The van der Waals surface area contributed by atoms with E-state index in [0.717, 1.165) is 36.8 Å². The van der Waals surface area contributed by atoms with Crippen LogP contribution in [0.15, 0.2) is 22.0 Å². The average molecular weight is 368 g/mol. The van der Waals surface area contributed by atoms with E-state index < -0.39 is 15.7 Å². The zero-order chi connectivity index (χ0) is 19.2. The standard InChI is InChI=1S/C18H29N3O3S/c1-5-8-12(7-3)14-10-13(9-6-2)15(17(22)21-18(19)20)11-16(14)25(4,23)24/h10-12H,5-9H2,1-4H3,(H4,19,20,21,22). The number of benzene rings is 1. The number of guanidine groups is 1. The Morgan fingerprint density at radius 3 is 2.24 bits per heavy atom. The molecule has 0 saturated carbocycles. The van der Waals surface area contributed by atoms with E-state index in [-0.39, 0.29) is 22.3 Å². The Balaban J connectivity index is 3.71. The number of nitrogens with zero attached hydrogens (tertiary/aromatic N) is 1. The molecule has 0 fully saturated rings. The summed E-state index contributed by atoms with van der Waals surface area (Å²) in [5, 5.41) is 0. The molecule has 7 heteroatoms. The van der Waals surface area contributed by atoms with Gasteiger partial charge in [0.05, 0.1) is 4.90 Å². The zero-order valence-corrected chi connectivity index (χ0v) is 16.3. The number of amides is 1. The number of sulfone groups is 1. The van der Waals surface area contributed by atoms with Crippen molar-refractivity contribution in [3.8, 4) is 0 Å². The first-order valence-corrected chi connectivity index (χ1v) is 10.6. The Hall–Kier alpha value is -1.89. The van der Waals surface area contributed by atoms with Crippen molar-refractivity contribution in [2.24, 2.45) is 16.5 Å². The van der Waals surface area contributed by atoms with Crippen molar-refractivity contribution in [3.05, 3.63) is 28.8 Å². The summed E-state index contributed by atoms with van der Waals surface area (Å²) in [7, 11) is -3.49. The summed E-state index contributed by atoms with van der Waals surface area (Å²) >= 11 is 0.